The highest BCUT2D eigenvalue weighted by Crippen LogP contribution is 2.63. The van der Waals surface area contributed by atoms with Crippen LogP contribution in [0.15, 0.2) is 0 Å². The van der Waals surface area contributed by atoms with Crippen LogP contribution in [-0.4, -0.2) is 59.8 Å². The molecule has 4 nitrogen and oxygen atoms in total. The molecule has 104 valence electrons. The largest absolute Gasteiger partial charge is 0.334 e. The Kier molecular flexibility index (Phi) is 5.83. The standard InChI is InChI=1S/C12H23N3OS2/c1-5-15(6-2)12(16)18(10-13)8-7-11(9-17-18)14(3)4/h11H,5-9H2,1-4H3. The number of hydrogen-bond donors (Lipinski definition) is 0. The van der Waals surface area contributed by atoms with E-state index in [0.717, 1.165) is 17.9 Å². The fraction of sp³-hybridized carbons (Fsp3) is 0.833. The van der Waals surface area contributed by atoms with E-state index in [1.54, 1.807) is 10.8 Å². The van der Waals surface area contributed by atoms with Gasteiger partial charge in [-0.2, -0.15) is 5.26 Å². The maximum atomic E-state index is 12.5. The van der Waals surface area contributed by atoms with Gasteiger partial charge in [-0.1, -0.05) is 10.8 Å². The minimum absolute atomic E-state index is 0.0807. The summed E-state index contributed by atoms with van der Waals surface area (Å²) in [6.07, 6.45) is 0.954. The van der Waals surface area contributed by atoms with Gasteiger partial charge in [-0.05, 0) is 43.4 Å². The lowest BCUT2D eigenvalue weighted by Crippen LogP contribution is -2.39. The Balaban J connectivity index is 2.78. The smallest absolute Gasteiger partial charge is 0.285 e. The maximum absolute atomic E-state index is 12.5. The van der Waals surface area contributed by atoms with Crippen molar-refractivity contribution in [2.45, 2.75) is 26.3 Å². The molecule has 0 aliphatic carbocycles. The van der Waals surface area contributed by atoms with Crippen molar-refractivity contribution in [2.75, 3.05) is 38.7 Å². The Bertz CT molecular complexity index is 329. The highest BCUT2D eigenvalue weighted by atomic mass is 33.2. The molecular weight excluding hydrogens is 266 g/mol. The summed E-state index contributed by atoms with van der Waals surface area (Å²) in [5.74, 6) is 1.63. The average molecular weight is 289 g/mol. The third-order valence-electron chi connectivity index (χ3n) is 3.38. The van der Waals surface area contributed by atoms with Crippen LogP contribution in [0.5, 0.6) is 0 Å². The third-order valence-corrected chi connectivity index (χ3v) is 9.00. The van der Waals surface area contributed by atoms with Crippen molar-refractivity contribution >= 4 is 25.1 Å². The number of rotatable bonds is 3. The molecule has 18 heavy (non-hydrogen) atoms. The molecule has 0 saturated carbocycles. The van der Waals surface area contributed by atoms with Crippen LogP contribution in [0.3, 0.4) is 0 Å². The second-order valence-corrected chi connectivity index (χ2v) is 9.87. The SMILES string of the molecule is CCN(CC)C(=O)S1(C#N)CCC(N(C)C)CS1. The van der Waals surface area contributed by atoms with Gasteiger partial charge in [0.05, 0.1) is 0 Å². The highest BCUT2D eigenvalue weighted by Gasteiger charge is 2.40. The quantitative estimate of drug-likeness (QED) is 0.592. The van der Waals surface area contributed by atoms with Crippen molar-refractivity contribution in [2.24, 2.45) is 0 Å². The Labute approximate surface area is 115 Å². The minimum Gasteiger partial charge on any atom is -0.334 e. The molecule has 2 atom stereocenters. The molecule has 0 spiro atoms. The van der Waals surface area contributed by atoms with Gasteiger partial charge in [-0.3, -0.25) is 4.79 Å². The summed E-state index contributed by atoms with van der Waals surface area (Å²) in [7, 11) is 3.91. The number of thiocyanates is 1. The zero-order valence-electron chi connectivity index (χ0n) is 11.7. The van der Waals surface area contributed by atoms with Crippen molar-refractivity contribution in [3.8, 4) is 5.40 Å². The van der Waals surface area contributed by atoms with E-state index in [-0.39, 0.29) is 5.24 Å². The van der Waals surface area contributed by atoms with E-state index < -0.39 is 9.06 Å². The molecule has 1 amide bonds. The molecule has 0 bridgehead atoms. The molecule has 0 N–H and O–H groups in total. The minimum atomic E-state index is -1.82. The van der Waals surface area contributed by atoms with E-state index in [1.165, 1.54) is 0 Å². The lowest BCUT2D eigenvalue weighted by Gasteiger charge is -2.41. The van der Waals surface area contributed by atoms with Gasteiger partial charge in [0.1, 0.15) is 5.40 Å². The Morgan fingerprint density at radius 3 is 2.39 bits per heavy atom. The molecule has 1 aliphatic heterocycles. The van der Waals surface area contributed by atoms with E-state index >= 15 is 0 Å². The molecule has 1 saturated heterocycles. The first kappa shape index (κ1) is 15.7. The summed E-state index contributed by atoms with van der Waals surface area (Å²) < 4.78 is 0. The zero-order chi connectivity index (χ0) is 13.8. The van der Waals surface area contributed by atoms with Crippen LogP contribution >= 0.6 is 19.9 Å². The third kappa shape index (κ3) is 3.14. The topological polar surface area (TPSA) is 47.3 Å². The lowest BCUT2D eigenvalue weighted by molar-refractivity contribution is 0.228. The summed E-state index contributed by atoms with van der Waals surface area (Å²) in [6.45, 7) is 5.34. The Hall–Kier alpha value is -0.380. The molecule has 2 unspecified atom stereocenters. The number of hydrogen-bond acceptors (Lipinski definition) is 4. The molecule has 0 aromatic rings. The first-order chi connectivity index (χ1) is 8.50. The van der Waals surface area contributed by atoms with E-state index in [4.69, 9.17) is 0 Å². The molecule has 6 heteroatoms. The van der Waals surface area contributed by atoms with Gasteiger partial charge in [-0.15, -0.1) is 0 Å². The van der Waals surface area contributed by atoms with Crippen molar-refractivity contribution in [3.05, 3.63) is 0 Å². The van der Waals surface area contributed by atoms with E-state index in [1.807, 2.05) is 18.7 Å². The average Bonchev–Trinajstić information content (AvgIpc) is 2.40. The summed E-state index contributed by atoms with van der Waals surface area (Å²) in [5.41, 5.74) is 0. The van der Waals surface area contributed by atoms with Crippen LogP contribution in [0.2, 0.25) is 0 Å². The van der Waals surface area contributed by atoms with Gasteiger partial charge < -0.3 is 9.80 Å². The van der Waals surface area contributed by atoms with Gasteiger partial charge in [-0.25, -0.2) is 0 Å². The van der Waals surface area contributed by atoms with Crippen LogP contribution in [0, 0.1) is 10.7 Å². The molecule has 1 aliphatic rings. The molecule has 0 aromatic heterocycles. The van der Waals surface area contributed by atoms with Crippen LogP contribution < -0.4 is 0 Å². The Morgan fingerprint density at radius 1 is 1.44 bits per heavy atom. The van der Waals surface area contributed by atoms with Gasteiger partial charge in [0.2, 0.25) is 0 Å². The van der Waals surface area contributed by atoms with Crippen molar-refractivity contribution in [1.82, 2.24) is 9.80 Å². The molecule has 0 aromatic carbocycles. The van der Waals surface area contributed by atoms with Gasteiger partial charge in [0.15, 0.2) is 0 Å². The molecular formula is C12H23N3OS2. The van der Waals surface area contributed by atoms with Crippen LogP contribution in [0.1, 0.15) is 20.3 Å². The number of nitrogens with zero attached hydrogens (tertiary/aromatic N) is 3. The summed E-state index contributed by atoms with van der Waals surface area (Å²) in [6, 6.07) is 0.494. The zero-order valence-corrected chi connectivity index (χ0v) is 13.3. The first-order valence-corrected chi connectivity index (χ1v) is 9.62. The lowest BCUT2D eigenvalue weighted by atomic mass is 10.2. The van der Waals surface area contributed by atoms with Gasteiger partial charge in [0, 0.05) is 30.6 Å². The normalized spacial score (nSPS) is 31.4. The molecule has 1 rings (SSSR count). The molecule has 1 fully saturated rings. The van der Waals surface area contributed by atoms with Crippen molar-refractivity contribution in [3.63, 3.8) is 0 Å². The predicted octanol–water partition coefficient (Wildman–Crippen LogP) is 2.72. The van der Waals surface area contributed by atoms with E-state index in [0.29, 0.717) is 19.1 Å². The molecule has 0 radical (unpaired) electrons. The number of nitriles is 1. The van der Waals surface area contributed by atoms with Gasteiger partial charge in [0.25, 0.3) is 5.24 Å². The number of amides is 1. The van der Waals surface area contributed by atoms with Crippen LogP contribution in [0.25, 0.3) is 0 Å². The van der Waals surface area contributed by atoms with Crippen LogP contribution in [-0.2, 0) is 0 Å². The predicted molar refractivity (Wildman–Crippen MR) is 80.9 cm³/mol. The maximum Gasteiger partial charge on any atom is 0.285 e. The van der Waals surface area contributed by atoms with E-state index in [9.17, 15) is 10.1 Å². The van der Waals surface area contributed by atoms with Crippen molar-refractivity contribution in [1.29, 1.82) is 5.26 Å². The second kappa shape index (κ2) is 6.69. The number of carbonyl (C=O) groups is 1. The number of carbonyl (C=O) groups excluding carboxylic acids is 1. The first-order valence-electron chi connectivity index (χ1n) is 6.32. The van der Waals surface area contributed by atoms with Crippen molar-refractivity contribution < 1.29 is 4.79 Å². The monoisotopic (exact) mass is 289 g/mol. The summed E-state index contributed by atoms with van der Waals surface area (Å²) >= 11 is 0. The Morgan fingerprint density at radius 2 is 2.06 bits per heavy atom. The summed E-state index contributed by atoms with van der Waals surface area (Å²) in [5, 5.41) is 11.9. The highest BCUT2D eigenvalue weighted by molar-refractivity contribution is 9.01. The summed E-state index contributed by atoms with van der Waals surface area (Å²) in [4.78, 5) is 16.5. The van der Waals surface area contributed by atoms with Gasteiger partial charge >= 0.3 is 0 Å². The van der Waals surface area contributed by atoms with Crippen LogP contribution in [0.4, 0.5) is 4.79 Å². The molecule has 1 heterocycles. The fourth-order valence-electron chi connectivity index (χ4n) is 1.99. The second-order valence-electron chi connectivity index (χ2n) is 4.60. The van der Waals surface area contributed by atoms with E-state index in [2.05, 4.69) is 24.4 Å². The fourth-order valence-corrected chi connectivity index (χ4v) is 7.32.